The molecular weight excluding hydrogens is 461 g/mol. The van der Waals surface area contributed by atoms with E-state index in [9.17, 15) is 9.50 Å². The van der Waals surface area contributed by atoms with E-state index >= 15 is 0 Å². The zero-order chi connectivity index (χ0) is 24.6. The molecule has 4 bridgehead atoms. The minimum absolute atomic E-state index is 0.0687. The van der Waals surface area contributed by atoms with Gasteiger partial charge in [-0.25, -0.2) is 4.39 Å². The number of nitrogens with zero attached hydrogens (tertiary/aromatic N) is 4. The average Bonchev–Trinajstić information content (AvgIpc) is 3.32. The molecule has 2 N–H and O–H groups in total. The number of nitrogens with one attached hydrogen (secondary N) is 1. The Labute approximate surface area is 208 Å². The highest BCUT2D eigenvalue weighted by Gasteiger charge is 2.26. The fraction of sp³-hybridized carbons (Fsp3) is 0.333. The van der Waals surface area contributed by atoms with Gasteiger partial charge in [-0.3, -0.25) is 15.0 Å². The van der Waals surface area contributed by atoms with Crippen molar-refractivity contribution in [2.45, 2.75) is 12.5 Å². The molecule has 2 aromatic heterocycles. The SMILES string of the molecule is CN1CCN(c2ccc3cc2OCCCOc2cccc(F)c2-c2cc4c-3n[nH]c4cn2)C[C@H]1CO. The quantitative estimate of drug-likeness (QED) is 0.444. The summed E-state index contributed by atoms with van der Waals surface area (Å²) in [6.45, 7) is 3.35. The van der Waals surface area contributed by atoms with Gasteiger partial charge in [-0.2, -0.15) is 5.10 Å². The van der Waals surface area contributed by atoms with E-state index in [4.69, 9.17) is 9.47 Å². The standard InChI is InChI=1S/C27H28FN5O3/c1-32-8-9-33(15-18(32)16-34)23-7-6-17-12-25(23)36-11-3-10-35-24-5-2-4-20(28)26(24)21-13-19-22(14-29-21)30-31-27(17)19/h2,4-7,12-14,18,34H,3,8-11,15-16H2,1H3,(H,30,31)/t18-/m0/s1. The zero-order valence-corrected chi connectivity index (χ0v) is 20.1. The second kappa shape index (κ2) is 9.40. The molecule has 2 aliphatic heterocycles. The van der Waals surface area contributed by atoms with Crippen molar-refractivity contribution in [2.24, 2.45) is 0 Å². The van der Waals surface area contributed by atoms with Crippen LogP contribution in [-0.4, -0.2) is 77.7 Å². The van der Waals surface area contributed by atoms with Gasteiger partial charge in [0.25, 0.3) is 0 Å². The Morgan fingerprint density at radius 3 is 2.83 bits per heavy atom. The van der Waals surface area contributed by atoms with E-state index in [0.717, 1.165) is 46.7 Å². The number of rotatable bonds is 2. The van der Waals surface area contributed by atoms with Crippen LogP contribution >= 0.6 is 0 Å². The van der Waals surface area contributed by atoms with Crippen LogP contribution in [0.3, 0.4) is 0 Å². The molecule has 0 amide bonds. The van der Waals surface area contributed by atoms with Gasteiger partial charge in [0.15, 0.2) is 0 Å². The summed E-state index contributed by atoms with van der Waals surface area (Å²) in [6.07, 6.45) is 2.30. The number of benzene rings is 2. The van der Waals surface area contributed by atoms with Crippen LogP contribution in [0.5, 0.6) is 11.5 Å². The molecule has 1 atom stereocenters. The summed E-state index contributed by atoms with van der Waals surface area (Å²) < 4.78 is 27.2. The fourth-order valence-corrected chi connectivity index (χ4v) is 4.97. The Hall–Kier alpha value is -3.69. The lowest BCUT2D eigenvalue weighted by Gasteiger charge is -2.40. The summed E-state index contributed by atoms with van der Waals surface area (Å²) in [5.74, 6) is 0.839. The number of H-pyrrole nitrogens is 1. The number of halogens is 1. The number of hydrogen-bond acceptors (Lipinski definition) is 7. The molecule has 186 valence electrons. The van der Waals surface area contributed by atoms with Crippen molar-refractivity contribution in [1.82, 2.24) is 20.1 Å². The van der Waals surface area contributed by atoms with Crippen LogP contribution in [0.25, 0.3) is 33.4 Å². The zero-order valence-electron chi connectivity index (χ0n) is 20.1. The number of likely N-dealkylation sites (N-methyl/N-ethyl adjacent to an activating group) is 1. The predicted molar refractivity (Wildman–Crippen MR) is 136 cm³/mol. The molecule has 4 aromatic rings. The normalized spacial score (nSPS) is 18.4. The highest BCUT2D eigenvalue weighted by Crippen LogP contribution is 2.38. The lowest BCUT2D eigenvalue weighted by molar-refractivity contribution is 0.135. The number of hydrogen-bond donors (Lipinski definition) is 2. The molecule has 0 unspecified atom stereocenters. The summed E-state index contributed by atoms with van der Waals surface area (Å²) in [6, 6.07) is 12.9. The Balaban J connectivity index is 1.46. The van der Waals surface area contributed by atoms with Gasteiger partial charge < -0.3 is 19.5 Å². The van der Waals surface area contributed by atoms with E-state index in [-0.39, 0.29) is 18.5 Å². The molecule has 1 fully saturated rings. The number of aliphatic hydroxyl groups excluding tert-OH is 1. The number of anilines is 1. The number of pyridine rings is 1. The van der Waals surface area contributed by atoms with Crippen LogP contribution in [0.2, 0.25) is 0 Å². The van der Waals surface area contributed by atoms with Crippen LogP contribution in [-0.2, 0) is 0 Å². The van der Waals surface area contributed by atoms with Crippen LogP contribution in [0.4, 0.5) is 10.1 Å². The first-order valence-corrected chi connectivity index (χ1v) is 12.2. The largest absolute Gasteiger partial charge is 0.493 e. The Morgan fingerprint density at radius 1 is 1.11 bits per heavy atom. The van der Waals surface area contributed by atoms with Crippen LogP contribution < -0.4 is 14.4 Å². The molecule has 4 heterocycles. The first-order chi connectivity index (χ1) is 17.6. The topological polar surface area (TPSA) is 86.7 Å². The van der Waals surface area contributed by atoms with Gasteiger partial charge in [0, 0.05) is 37.0 Å². The maximum absolute atomic E-state index is 14.9. The van der Waals surface area contributed by atoms with E-state index in [2.05, 4.69) is 31.0 Å². The molecular formula is C27H28FN5O3. The molecule has 9 heteroatoms. The Morgan fingerprint density at radius 2 is 1.97 bits per heavy atom. The third kappa shape index (κ3) is 4.04. The van der Waals surface area contributed by atoms with E-state index in [1.807, 2.05) is 25.2 Å². The molecule has 0 saturated carbocycles. The summed E-state index contributed by atoms with van der Waals surface area (Å²) in [4.78, 5) is 8.95. The third-order valence-electron chi connectivity index (χ3n) is 7.04. The summed E-state index contributed by atoms with van der Waals surface area (Å²) in [7, 11) is 2.04. The molecule has 36 heavy (non-hydrogen) atoms. The number of aromatic amines is 1. The van der Waals surface area contributed by atoms with Crippen molar-refractivity contribution in [2.75, 3.05) is 51.4 Å². The van der Waals surface area contributed by atoms with E-state index in [0.29, 0.717) is 43.2 Å². The van der Waals surface area contributed by atoms with Crippen molar-refractivity contribution >= 4 is 16.6 Å². The van der Waals surface area contributed by atoms with E-state index in [1.165, 1.54) is 6.07 Å². The van der Waals surface area contributed by atoms with Crippen LogP contribution in [0.15, 0.2) is 48.7 Å². The third-order valence-corrected chi connectivity index (χ3v) is 7.04. The number of aliphatic hydroxyl groups is 1. The summed E-state index contributed by atoms with van der Waals surface area (Å²) in [5.41, 5.74) is 4.23. The minimum Gasteiger partial charge on any atom is -0.493 e. The maximum atomic E-state index is 14.9. The Bertz CT molecular complexity index is 1410. The average molecular weight is 490 g/mol. The molecule has 2 aliphatic rings. The maximum Gasteiger partial charge on any atom is 0.143 e. The van der Waals surface area contributed by atoms with Gasteiger partial charge in [0.2, 0.25) is 0 Å². The Kier molecular flexibility index (Phi) is 5.94. The fourth-order valence-electron chi connectivity index (χ4n) is 4.97. The predicted octanol–water partition coefficient (Wildman–Crippen LogP) is 3.71. The smallest absolute Gasteiger partial charge is 0.143 e. The van der Waals surface area contributed by atoms with Crippen LogP contribution in [0, 0.1) is 5.82 Å². The second-order valence-corrected chi connectivity index (χ2v) is 9.30. The number of ether oxygens (including phenoxy) is 2. The molecule has 0 aliphatic carbocycles. The summed E-state index contributed by atoms with van der Waals surface area (Å²) in [5, 5.41) is 18.3. The first-order valence-electron chi connectivity index (χ1n) is 12.2. The van der Waals surface area contributed by atoms with Crippen molar-refractivity contribution in [3.8, 4) is 34.0 Å². The highest BCUT2D eigenvalue weighted by molar-refractivity contribution is 5.95. The van der Waals surface area contributed by atoms with Gasteiger partial charge in [-0.05, 0) is 37.4 Å². The number of aromatic nitrogens is 3. The number of fused-ring (bicyclic) bond motifs is 6. The molecule has 2 aromatic carbocycles. The summed E-state index contributed by atoms with van der Waals surface area (Å²) >= 11 is 0. The van der Waals surface area contributed by atoms with Crippen molar-refractivity contribution in [3.63, 3.8) is 0 Å². The molecule has 6 rings (SSSR count). The number of piperazine rings is 1. The van der Waals surface area contributed by atoms with E-state index in [1.54, 1.807) is 18.3 Å². The molecule has 0 radical (unpaired) electrons. The molecule has 1 saturated heterocycles. The van der Waals surface area contributed by atoms with Crippen LogP contribution in [0.1, 0.15) is 6.42 Å². The lowest BCUT2D eigenvalue weighted by Crippen LogP contribution is -2.53. The minimum atomic E-state index is -0.382. The molecule has 0 spiro atoms. The molecule has 8 nitrogen and oxygen atoms in total. The van der Waals surface area contributed by atoms with Crippen molar-refractivity contribution in [3.05, 3.63) is 54.5 Å². The van der Waals surface area contributed by atoms with Crippen molar-refractivity contribution < 1.29 is 19.0 Å². The van der Waals surface area contributed by atoms with Gasteiger partial charge in [0.05, 0.1) is 54.5 Å². The van der Waals surface area contributed by atoms with Gasteiger partial charge >= 0.3 is 0 Å². The first kappa shape index (κ1) is 22.8. The monoisotopic (exact) mass is 489 g/mol. The highest BCUT2D eigenvalue weighted by atomic mass is 19.1. The van der Waals surface area contributed by atoms with E-state index < -0.39 is 0 Å². The second-order valence-electron chi connectivity index (χ2n) is 9.30. The van der Waals surface area contributed by atoms with Crippen molar-refractivity contribution in [1.29, 1.82) is 0 Å². The van der Waals surface area contributed by atoms with Gasteiger partial charge in [-0.1, -0.05) is 12.1 Å². The van der Waals surface area contributed by atoms with Gasteiger partial charge in [-0.15, -0.1) is 0 Å². The van der Waals surface area contributed by atoms with Gasteiger partial charge in [0.1, 0.15) is 23.0 Å². The lowest BCUT2D eigenvalue weighted by atomic mass is 10.0.